The Balaban J connectivity index is 2.34. The molecular weight excluding hydrogens is 242 g/mol. The summed E-state index contributed by atoms with van der Waals surface area (Å²) >= 11 is 0. The van der Waals surface area contributed by atoms with Gasteiger partial charge in [0.25, 0.3) is 0 Å². The molecule has 1 aliphatic rings. The monoisotopic (exact) mass is 269 g/mol. The fraction of sp³-hybridized carbons (Fsp3) is 0.857. The number of primary amides is 1. The summed E-state index contributed by atoms with van der Waals surface area (Å²) in [6.45, 7) is 5.76. The van der Waals surface area contributed by atoms with E-state index in [1.807, 2.05) is 6.92 Å². The van der Waals surface area contributed by atoms with Gasteiger partial charge in [-0.2, -0.15) is 0 Å². The molecule has 19 heavy (non-hydrogen) atoms. The summed E-state index contributed by atoms with van der Waals surface area (Å²) in [5.74, 6) is -0.355. The van der Waals surface area contributed by atoms with Crippen molar-refractivity contribution in [1.82, 2.24) is 10.6 Å². The molecule has 0 aromatic rings. The lowest BCUT2D eigenvalue weighted by Gasteiger charge is -2.27. The van der Waals surface area contributed by atoms with Crippen LogP contribution >= 0.6 is 0 Å². The van der Waals surface area contributed by atoms with Gasteiger partial charge in [0.1, 0.15) is 0 Å². The van der Waals surface area contributed by atoms with Gasteiger partial charge in [-0.3, -0.25) is 9.59 Å². The van der Waals surface area contributed by atoms with Gasteiger partial charge in [0.15, 0.2) is 0 Å². The van der Waals surface area contributed by atoms with E-state index in [9.17, 15) is 9.59 Å². The molecular formula is C14H27N3O2. The van der Waals surface area contributed by atoms with Gasteiger partial charge in [-0.25, -0.2) is 0 Å². The molecule has 0 aromatic carbocycles. The van der Waals surface area contributed by atoms with Gasteiger partial charge in [0, 0.05) is 12.6 Å². The van der Waals surface area contributed by atoms with Gasteiger partial charge in [-0.1, -0.05) is 19.3 Å². The normalized spacial score (nSPS) is 18.9. The van der Waals surface area contributed by atoms with Crippen LogP contribution in [-0.4, -0.2) is 30.4 Å². The van der Waals surface area contributed by atoms with Crippen molar-refractivity contribution in [2.24, 2.45) is 11.1 Å². The van der Waals surface area contributed by atoms with Gasteiger partial charge < -0.3 is 16.4 Å². The number of hydrogen-bond donors (Lipinski definition) is 3. The Labute approximate surface area is 115 Å². The minimum absolute atomic E-state index is 0.00664. The minimum atomic E-state index is -0.640. The molecule has 1 rings (SSSR count). The van der Waals surface area contributed by atoms with Crippen LogP contribution in [0.1, 0.15) is 52.9 Å². The van der Waals surface area contributed by atoms with Crippen LogP contribution in [0.25, 0.3) is 0 Å². The number of nitrogens with one attached hydrogen (secondary N) is 2. The molecule has 5 nitrogen and oxygen atoms in total. The lowest BCUT2D eigenvalue weighted by Crippen LogP contribution is -2.50. The van der Waals surface area contributed by atoms with Crippen LogP contribution in [-0.2, 0) is 9.59 Å². The Morgan fingerprint density at radius 3 is 2.37 bits per heavy atom. The van der Waals surface area contributed by atoms with E-state index in [-0.39, 0.29) is 17.9 Å². The van der Waals surface area contributed by atoms with E-state index >= 15 is 0 Å². The molecule has 0 heterocycles. The van der Waals surface area contributed by atoms with E-state index in [0.29, 0.717) is 12.6 Å². The Morgan fingerprint density at radius 1 is 1.26 bits per heavy atom. The fourth-order valence-electron chi connectivity index (χ4n) is 2.16. The smallest absolute Gasteiger partial charge is 0.237 e. The third-order valence-electron chi connectivity index (χ3n) is 3.86. The molecule has 4 N–H and O–H groups in total. The van der Waals surface area contributed by atoms with E-state index in [2.05, 4.69) is 10.6 Å². The lowest BCUT2D eigenvalue weighted by atomic mass is 9.92. The predicted molar refractivity (Wildman–Crippen MR) is 75.5 cm³/mol. The molecule has 0 spiro atoms. The van der Waals surface area contributed by atoms with E-state index < -0.39 is 5.41 Å². The van der Waals surface area contributed by atoms with Gasteiger partial charge in [-0.15, -0.1) is 0 Å². The number of nitrogens with two attached hydrogens (primary N) is 1. The Kier molecular flexibility index (Phi) is 5.79. The van der Waals surface area contributed by atoms with Crippen molar-refractivity contribution in [2.45, 2.75) is 65.0 Å². The van der Waals surface area contributed by atoms with Crippen molar-refractivity contribution in [1.29, 1.82) is 0 Å². The summed E-state index contributed by atoms with van der Waals surface area (Å²) in [5, 5.41) is 6.15. The third-order valence-corrected chi connectivity index (χ3v) is 3.86. The van der Waals surface area contributed by atoms with Gasteiger partial charge >= 0.3 is 0 Å². The zero-order chi connectivity index (χ0) is 14.5. The van der Waals surface area contributed by atoms with E-state index in [1.165, 1.54) is 19.3 Å². The second-order valence-electron chi connectivity index (χ2n) is 6.19. The maximum atomic E-state index is 12.0. The second kappa shape index (κ2) is 6.89. The molecule has 1 atom stereocenters. The van der Waals surface area contributed by atoms with Crippen molar-refractivity contribution < 1.29 is 9.59 Å². The minimum Gasteiger partial charge on any atom is -0.369 e. The highest BCUT2D eigenvalue weighted by molar-refractivity contribution is 5.82. The van der Waals surface area contributed by atoms with Crippen molar-refractivity contribution in [3.8, 4) is 0 Å². The molecule has 5 heteroatoms. The van der Waals surface area contributed by atoms with Crippen LogP contribution in [0, 0.1) is 5.41 Å². The lowest BCUT2D eigenvalue weighted by molar-refractivity contribution is -0.127. The van der Waals surface area contributed by atoms with Crippen LogP contribution < -0.4 is 16.4 Å². The first-order valence-corrected chi connectivity index (χ1v) is 7.16. The molecule has 0 bridgehead atoms. The largest absolute Gasteiger partial charge is 0.369 e. The molecule has 0 radical (unpaired) electrons. The Morgan fingerprint density at radius 2 is 1.84 bits per heavy atom. The highest BCUT2D eigenvalue weighted by atomic mass is 16.2. The van der Waals surface area contributed by atoms with Crippen molar-refractivity contribution in [3.05, 3.63) is 0 Å². The maximum Gasteiger partial charge on any atom is 0.237 e. The average Bonchev–Trinajstić information content (AvgIpc) is 2.37. The van der Waals surface area contributed by atoms with E-state index in [1.54, 1.807) is 13.8 Å². The van der Waals surface area contributed by atoms with Crippen molar-refractivity contribution in [2.75, 3.05) is 6.54 Å². The zero-order valence-electron chi connectivity index (χ0n) is 12.3. The van der Waals surface area contributed by atoms with E-state index in [0.717, 1.165) is 12.8 Å². The molecule has 0 saturated heterocycles. The summed E-state index contributed by atoms with van der Waals surface area (Å²) in [6.07, 6.45) is 5.81. The number of carbonyl (C=O) groups excluding carboxylic acids is 2. The molecule has 1 fully saturated rings. The second-order valence-corrected chi connectivity index (χ2v) is 6.19. The fourth-order valence-corrected chi connectivity index (χ4v) is 2.16. The Bertz CT molecular complexity index is 323. The first-order chi connectivity index (χ1) is 8.83. The molecule has 1 aliphatic carbocycles. The quantitative estimate of drug-likeness (QED) is 0.670. The molecule has 1 saturated carbocycles. The topological polar surface area (TPSA) is 84.2 Å². The van der Waals surface area contributed by atoms with Crippen LogP contribution in [0.5, 0.6) is 0 Å². The summed E-state index contributed by atoms with van der Waals surface area (Å²) in [5.41, 5.74) is 4.66. The molecule has 0 aromatic heterocycles. The summed E-state index contributed by atoms with van der Waals surface area (Å²) in [4.78, 5) is 23.2. The van der Waals surface area contributed by atoms with Crippen LogP contribution in [0.4, 0.5) is 0 Å². The average molecular weight is 269 g/mol. The highest BCUT2D eigenvalue weighted by Crippen LogP contribution is 2.17. The zero-order valence-corrected chi connectivity index (χ0v) is 12.3. The molecule has 2 amide bonds. The van der Waals surface area contributed by atoms with Gasteiger partial charge in [-0.05, 0) is 33.6 Å². The molecule has 110 valence electrons. The standard InChI is InChI=1S/C14H27N3O2/c1-10(16-9-14(2,3)13(15)19)12(18)17-11-7-5-4-6-8-11/h10-11,16H,4-9H2,1-3H3,(H2,15,19)(H,17,18). The predicted octanol–water partition coefficient (Wildman–Crippen LogP) is 0.925. The maximum absolute atomic E-state index is 12.0. The van der Waals surface area contributed by atoms with Crippen LogP contribution in [0.2, 0.25) is 0 Å². The summed E-state index contributed by atoms with van der Waals surface area (Å²) < 4.78 is 0. The van der Waals surface area contributed by atoms with Gasteiger partial charge in [0.05, 0.1) is 11.5 Å². The first kappa shape index (κ1) is 16.0. The first-order valence-electron chi connectivity index (χ1n) is 7.16. The van der Waals surface area contributed by atoms with Gasteiger partial charge in [0.2, 0.25) is 11.8 Å². The van der Waals surface area contributed by atoms with E-state index in [4.69, 9.17) is 5.73 Å². The van der Waals surface area contributed by atoms with Crippen LogP contribution in [0.15, 0.2) is 0 Å². The Hall–Kier alpha value is -1.10. The number of rotatable bonds is 6. The SMILES string of the molecule is CC(NCC(C)(C)C(N)=O)C(=O)NC1CCCCC1. The molecule has 0 aliphatic heterocycles. The number of amides is 2. The highest BCUT2D eigenvalue weighted by Gasteiger charge is 2.27. The van der Waals surface area contributed by atoms with Crippen molar-refractivity contribution >= 4 is 11.8 Å². The van der Waals surface area contributed by atoms with Crippen LogP contribution in [0.3, 0.4) is 0 Å². The third kappa shape index (κ3) is 5.19. The summed E-state index contributed by atoms with van der Waals surface area (Å²) in [7, 11) is 0. The summed E-state index contributed by atoms with van der Waals surface area (Å²) in [6, 6.07) is 0.00945. The number of carbonyl (C=O) groups is 2. The molecule has 1 unspecified atom stereocenters. The van der Waals surface area contributed by atoms with Crippen molar-refractivity contribution in [3.63, 3.8) is 0 Å². The number of hydrogen-bond acceptors (Lipinski definition) is 3.